The van der Waals surface area contributed by atoms with E-state index in [1.807, 2.05) is 32.0 Å². The number of thioether (sulfide) groups is 1. The highest BCUT2D eigenvalue weighted by atomic mass is 79.9. The van der Waals surface area contributed by atoms with Crippen LogP contribution in [0.1, 0.15) is 13.8 Å². The standard InChI is InChI=1S/C11H16BrN3OS/c1-6(11(16)15-14)7(2)17-10-4-3-8(12)5-9(10)13/h3-7H,13-14H2,1-2H3,(H,15,16). The Balaban J connectivity index is 2.74. The van der Waals surface area contributed by atoms with Crippen LogP contribution >= 0.6 is 27.7 Å². The van der Waals surface area contributed by atoms with Crippen molar-refractivity contribution in [1.82, 2.24) is 5.43 Å². The Bertz CT molecular complexity index is 414. The van der Waals surface area contributed by atoms with Gasteiger partial charge in [-0.1, -0.05) is 29.8 Å². The summed E-state index contributed by atoms with van der Waals surface area (Å²) >= 11 is 4.92. The average molecular weight is 318 g/mol. The van der Waals surface area contributed by atoms with E-state index in [0.29, 0.717) is 5.69 Å². The van der Waals surface area contributed by atoms with Gasteiger partial charge in [0.05, 0.1) is 0 Å². The SMILES string of the molecule is CC(Sc1ccc(Br)cc1N)C(C)C(=O)NN. The number of nitrogens with two attached hydrogens (primary N) is 2. The molecule has 5 N–H and O–H groups in total. The fraction of sp³-hybridized carbons (Fsp3) is 0.364. The first-order valence-electron chi connectivity index (χ1n) is 5.18. The van der Waals surface area contributed by atoms with Gasteiger partial charge in [-0.25, -0.2) is 5.84 Å². The highest BCUT2D eigenvalue weighted by Crippen LogP contribution is 2.33. The molecule has 94 valence electrons. The maximum Gasteiger partial charge on any atom is 0.237 e. The molecule has 0 aliphatic rings. The van der Waals surface area contributed by atoms with Gasteiger partial charge in [-0.05, 0) is 18.2 Å². The molecule has 1 aromatic carbocycles. The fourth-order valence-corrected chi connectivity index (χ4v) is 2.72. The summed E-state index contributed by atoms with van der Waals surface area (Å²) in [4.78, 5) is 12.4. The molecule has 0 bridgehead atoms. The Morgan fingerprint density at radius 2 is 2.12 bits per heavy atom. The maximum atomic E-state index is 11.4. The van der Waals surface area contributed by atoms with Gasteiger partial charge in [-0.15, -0.1) is 11.8 Å². The molecule has 0 spiro atoms. The van der Waals surface area contributed by atoms with Crippen LogP contribution in [0.3, 0.4) is 0 Å². The number of hydrazine groups is 1. The topological polar surface area (TPSA) is 81.1 Å². The first-order chi connectivity index (χ1) is 7.95. The monoisotopic (exact) mass is 317 g/mol. The quantitative estimate of drug-likeness (QED) is 0.261. The van der Waals surface area contributed by atoms with Gasteiger partial charge in [0.25, 0.3) is 0 Å². The van der Waals surface area contributed by atoms with Crippen LogP contribution in [0.4, 0.5) is 5.69 Å². The minimum absolute atomic E-state index is 0.0991. The average Bonchev–Trinajstić information content (AvgIpc) is 2.30. The van der Waals surface area contributed by atoms with Crippen molar-refractivity contribution >= 4 is 39.3 Å². The van der Waals surface area contributed by atoms with Crippen molar-refractivity contribution in [1.29, 1.82) is 0 Å². The molecule has 1 aromatic rings. The molecule has 0 saturated carbocycles. The smallest absolute Gasteiger partial charge is 0.237 e. The molecule has 0 aliphatic heterocycles. The molecule has 0 heterocycles. The number of rotatable bonds is 4. The number of hydrogen-bond acceptors (Lipinski definition) is 4. The number of nitrogen functional groups attached to an aromatic ring is 1. The fourth-order valence-electron chi connectivity index (χ4n) is 1.27. The van der Waals surface area contributed by atoms with Gasteiger partial charge < -0.3 is 5.73 Å². The molecule has 2 unspecified atom stereocenters. The number of nitrogens with one attached hydrogen (secondary N) is 1. The van der Waals surface area contributed by atoms with E-state index in [2.05, 4.69) is 21.4 Å². The lowest BCUT2D eigenvalue weighted by atomic mass is 10.1. The van der Waals surface area contributed by atoms with E-state index in [0.717, 1.165) is 9.37 Å². The van der Waals surface area contributed by atoms with Crippen molar-refractivity contribution < 1.29 is 4.79 Å². The molecule has 1 rings (SSSR count). The minimum Gasteiger partial charge on any atom is -0.398 e. The van der Waals surface area contributed by atoms with Crippen LogP contribution in [-0.2, 0) is 4.79 Å². The van der Waals surface area contributed by atoms with E-state index >= 15 is 0 Å². The van der Waals surface area contributed by atoms with Crippen LogP contribution in [0, 0.1) is 5.92 Å². The molecule has 0 radical (unpaired) electrons. The van der Waals surface area contributed by atoms with Gasteiger partial charge in [0.1, 0.15) is 0 Å². The molecular formula is C11H16BrN3OS. The van der Waals surface area contributed by atoms with E-state index < -0.39 is 0 Å². The summed E-state index contributed by atoms with van der Waals surface area (Å²) in [6.45, 7) is 3.82. The minimum atomic E-state index is -0.173. The summed E-state index contributed by atoms with van der Waals surface area (Å²) in [6.07, 6.45) is 0. The van der Waals surface area contributed by atoms with E-state index in [4.69, 9.17) is 11.6 Å². The summed E-state index contributed by atoms with van der Waals surface area (Å²) in [7, 11) is 0. The number of amides is 1. The number of hydrogen-bond donors (Lipinski definition) is 3. The number of carbonyl (C=O) groups is 1. The molecule has 0 fully saturated rings. The van der Waals surface area contributed by atoms with Gasteiger partial charge in [0, 0.05) is 26.2 Å². The lowest BCUT2D eigenvalue weighted by Crippen LogP contribution is -2.38. The number of carbonyl (C=O) groups excluding carboxylic acids is 1. The second-order valence-electron chi connectivity index (χ2n) is 3.80. The Hall–Kier alpha value is -0.720. The van der Waals surface area contributed by atoms with E-state index in [-0.39, 0.29) is 17.1 Å². The number of halogens is 1. The third-order valence-electron chi connectivity index (χ3n) is 2.54. The number of benzene rings is 1. The number of anilines is 1. The molecule has 4 nitrogen and oxygen atoms in total. The van der Waals surface area contributed by atoms with Gasteiger partial charge >= 0.3 is 0 Å². The second-order valence-corrected chi connectivity index (χ2v) is 6.14. The molecule has 0 aromatic heterocycles. The normalized spacial score (nSPS) is 14.1. The van der Waals surface area contributed by atoms with Crippen molar-refractivity contribution in [3.63, 3.8) is 0 Å². The lowest BCUT2D eigenvalue weighted by molar-refractivity contribution is -0.124. The zero-order valence-corrected chi connectivity index (χ0v) is 12.1. The van der Waals surface area contributed by atoms with E-state index in [1.54, 1.807) is 11.8 Å². The second kappa shape index (κ2) is 6.28. The predicted octanol–water partition coefficient (Wildman–Crippen LogP) is 2.14. The van der Waals surface area contributed by atoms with Crippen molar-refractivity contribution in [3.05, 3.63) is 22.7 Å². The maximum absolute atomic E-state index is 11.4. The van der Waals surface area contributed by atoms with E-state index in [9.17, 15) is 4.79 Å². The van der Waals surface area contributed by atoms with Gasteiger partial charge in [-0.2, -0.15) is 0 Å². The predicted molar refractivity (Wildman–Crippen MR) is 75.4 cm³/mol. The molecule has 0 saturated heterocycles. The summed E-state index contributed by atoms with van der Waals surface area (Å²) in [5.41, 5.74) is 8.77. The molecule has 2 atom stereocenters. The molecular weight excluding hydrogens is 302 g/mol. The Kier molecular flexibility index (Phi) is 5.30. The third kappa shape index (κ3) is 3.90. The van der Waals surface area contributed by atoms with Gasteiger partial charge in [0.15, 0.2) is 0 Å². The van der Waals surface area contributed by atoms with Crippen molar-refractivity contribution in [2.45, 2.75) is 24.0 Å². The zero-order chi connectivity index (χ0) is 13.0. The van der Waals surface area contributed by atoms with Crippen LogP contribution in [0.2, 0.25) is 0 Å². The zero-order valence-electron chi connectivity index (χ0n) is 9.74. The third-order valence-corrected chi connectivity index (χ3v) is 4.44. The van der Waals surface area contributed by atoms with Crippen molar-refractivity contribution in [3.8, 4) is 0 Å². The summed E-state index contributed by atoms with van der Waals surface area (Å²) in [5.74, 6) is 4.78. The van der Waals surface area contributed by atoms with Crippen LogP contribution < -0.4 is 17.0 Å². The van der Waals surface area contributed by atoms with Gasteiger partial charge in [-0.3, -0.25) is 10.2 Å². The first-order valence-corrected chi connectivity index (χ1v) is 6.85. The Morgan fingerprint density at radius 1 is 1.47 bits per heavy atom. The van der Waals surface area contributed by atoms with Crippen LogP contribution in [-0.4, -0.2) is 11.2 Å². The van der Waals surface area contributed by atoms with Crippen molar-refractivity contribution in [2.24, 2.45) is 11.8 Å². The van der Waals surface area contributed by atoms with Gasteiger partial charge in [0.2, 0.25) is 5.91 Å². The summed E-state index contributed by atoms with van der Waals surface area (Å²) in [5, 5.41) is 0.0991. The summed E-state index contributed by atoms with van der Waals surface area (Å²) in [6, 6.07) is 5.72. The van der Waals surface area contributed by atoms with Crippen LogP contribution in [0.25, 0.3) is 0 Å². The lowest BCUT2D eigenvalue weighted by Gasteiger charge is -2.18. The summed E-state index contributed by atoms with van der Waals surface area (Å²) < 4.78 is 0.944. The Morgan fingerprint density at radius 3 is 2.65 bits per heavy atom. The molecule has 17 heavy (non-hydrogen) atoms. The highest BCUT2D eigenvalue weighted by molar-refractivity contribution is 9.10. The Labute approximate surface area is 114 Å². The first kappa shape index (κ1) is 14.3. The highest BCUT2D eigenvalue weighted by Gasteiger charge is 2.21. The van der Waals surface area contributed by atoms with Crippen molar-refractivity contribution in [2.75, 3.05) is 5.73 Å². The van der Waals surface area contributed by atoms with E-state index in [1.165, 1.54) is 0 Å². The molecule has 6 heteroatoms. The molecule has 1 amide bonds. The van der Waals surface area contributed by atoms with Crippen LogP contribution in [0.5, 0.6) is 0 Å². The molecule has 0 aliphatic carbocycles. The largest absolute Gasteiger partial charge is 0.398 e. The van der Waals surface area contributed by atoms with Crippen LogP contribution in [0.15, 0.2) is 27.6 Å².